The molecular formula is C15H25NO3. The first kappa shape index (κ1) is 15.8. The average molecular weight is 267 g/mol. The lowest BCUT2D eigenvalue weighted by molar-refractivity contribution is 0.141. The van der Waals surface area contributed by atoms with Crippen LogP contribution >= 0.6 is 0 Å². The van der Waals surface area contributed by atoms with Gasteiger partial charge in [0.1, 0.15) is 11.5 Å². The number of benzene rings is 1. The Balaban J connectivity index is 2.83. The largest absolute Gasteiger partial charge is 0.508 e. The van der Waals surface area contributed by atoms with Gasteiger partial charge in [0, 0.05) is 24.8 Å². The monoisotopic (exact) mass is 267 g/mol. The van der Waals surface area contributed by atoms with Crippen LogP contribution in [-0.2, 0) is 4.74 Å². The first-order valence-electron chi connectivity index (χ1n) is 6.61. The summed E-state index contributed by atoms with van der Waals surface area (Å²) in [5.41, 5.74) is 0.834. The molecular weight excluding hydrogens is 242 g/mol. The minimum absolute atomic E-state index is 0.0256. The fraction of sp³-hybridized carbons (Fsp3) is 0.600. The topological polar surface area (TPSA) is 50.7 Å². The van der Waals surface area contributed by atoms with Crippen molar-refractivity contribution in [3.8, 4) is 11.5 Å². The van der Waals surface area contributed by atoms with Crippen molar-refractivity contribution in [1.82, 2.24) is 5.32 Å². The molecule has 2 N–H and O–H groups in total. The van der Waals surface area contributed by atoms with Crippen LogP contribution in [0.25, 0.3) is 0 Å². The van der Waals surface area contributed by atoms with E-state index in [2.05, 4.69) is 19.2 Å². The number of hydrogen-bond donors (Lipinski definition) is 2. The Morgan fingerprint density at radius 2 is 1.89 bits per heavy atom. The van der Waals surface area contributed by atoms with Gasteiger partial charge >= 0.3 is 0 Å². The minimum atomic E-state index is 0.0256. The fourth-order valence-electron chi connectivity index (χ4n) is 2.03. The molecule has 2 unspecified atom stereocenters. The Labute approximate surface area is 115 Å². The fourth-order valence-corrected chi connectivity index (χ4v) is 2.03. The van der Waals surface area contributed by atoms with Crippen LogP contribution in [0.2, 0.25) is 0 Å². The van der Waals surface area contributed by atoms with E-state index < -0.39 is 0 Å². The van der Waals surface area contributed by atoms with Crippen LogP contribution in [0.4, 0.5) is 0 Å². The molecule has 0 bridgehead atoms. The second-order valence-corrected chi connectivity index (χ2v) is 5.12. The van der Waals surface area contributed by atoms with Gasteiger partial charge in [-0.1, -0.05) is 13.8 Å². The lowest BCUT2D eigenvalue weighted by Crippen LogP contribution is -2.39. The van der Waals surface area contributed by atoms with Gasteiger partial charge in [0.2, 0.25) is 0 Å². The summed E-state index contributed by atoms with van der Waals surface area (Å²) >= 11 is 0. The van der Waals surface area contributed by atoms with Crippen LogP contribution in [0.3, 0.4) is 0 Å². The Bertz CT molecular complexity index is 393. The third kappa shape index (κ3) is 4.40. The zero-order valence-corrected chi connectivity index (χ0v) is 12.4. The molecule has 4 heteroatoms. The third-order valence-corrected chi connectivity index (χ3v) is 3.32. The summed E-state index contributed by atoms with van der Waals surface area (Å²) in [6.07, 6.45) is 0. The predicted molar refractivity (Wildman–Crippen MR) is 76.7 cm³/mol. The molecule has 0 saturated carbocycles. The summed E-state index contributed by atoms with van der Waals surface area (Å²) in [5, 5.41) is 13.4. The number of phenolic OH excluding ortho intramolecular Hbond substituents is 1. The number of nitrogens with one attached hydrogen (secondary N) is 1. The molecule has 0 spiro atoms. The number of aromatic hydroxyl groups is 1. The molecule has 0 saturated heterocycles. The normalized spacial score (nSPS) is 14.4. The van der Waals surface area contributed by atoms with Crippen LogP contribution in [0.1, 0.15) is 32.4 Å². The maximum absolute atomic E-state index is 9.96. The molecule has 0 fully saturated rings. The molecule has 0 heterocycles. The molecule has 1 aromatic rings. The Morgan fingerprint density at radius 1 is 1.21 bits per heavy atom. The average Bonchev–Trinajstić information content (AvgIpc) is 2.38. The molecule has 0 aromatic heterocycles. The molecule has 2 atom stereocenters. The second kappa shape index (κ2) is 7.36. The Hall–Kier alpha value is -1.26. The van der Waals surface area contributed by atoms with Crippen LogP contribution in [0.5, 0.6) is 11.5 Å². The smallest absolute Gasteiger partial charge is 0.120 e. The molecule has 0 aliphatic heterocycles. The molecule has 0 aliphatic carbocycles. The van der Waals surface area contributed by atoms with Crippen molar-refractivity contribution >= 4 is 0 Å². The van der Waals surface area contributed by atoms with Gasteiger partial charge in [0.15, 0.2) is 0 Å². The summed E-state index contributed by atoms with van der Waals surface area (Å²) in [6, 6.07) is 5.54. The van der Waals surface area contributed by atoms with E-state index in [0.717, 1.165) is 11.3 Å². The van der Waals surface area contributed by atoms with Gasteiger partial charge in [-0.3, -0.25) is 0 Å². The highest BCUT2D eigenvalue weighted by atomic mass is 16.5. The second-order valence-electron chi connectivity index (χ2n) is 5.12. The number of methoxy groups -OCH3 is 2. The van der Waals surface area contributed by atoms with E-state index in [-0.39, 0.29) is 17.8 Å². The lowest BCUT2D eigenvalue weighted by atomic mass is 10.0. The van der Waals surface area contributed by atoms with E-state index in [1.807, 2.05) is 13.0 Å². The van der Waals surface area contributed by atoms with Gasteiger partial charge in [0.25, 0.3) is 0 Å². The third-order valence-electron chi connectivity index (χ3n) is 3.32. The van der Waals surface area contributed by atoms with Gasteiger partial charge < -0.3 is 19.9 Å². The zero-order chi connectivity index (χ0) is 14.4. The highest BCUT2D eigenvalue weighted by Crippen LogP contribution is 2.28. The van der Waals surface area contributed by atoms with Crippen LogP contribution in [-0.4, -0.2) is 32.0 Å². The van der Waals surface area contributed by atoms with Gasteiger partial charge in [-0.25, -0.2) is 0 Å². The molecule has 4 nitrogen and oxygen atoms in total. The van der Waals surface area contributed by atoms with E-state index in [1.165, 1.54) is 0 Å². The van der Waals surface area contributed by atoms with Gasteiger partial charge in [-0.2, -0.15) is 0 Å². The zero-order valence-electron chi connectivity index (χ0n) is 12.4. The highest BCUT2D eigenvalue weighted by Gasteiger charge is 2.19. The summed E-state index contributed by atoms with van der Waals surface area (Å²) in [7, 11) is 3.32. The SMILES string of the molecule is COCC(NC(C)c1cc(OC)ccc1O)C(C)C. The first-order chi connectivity index (χ1) is 8.99. The number of ether oxygens (including phenoxy) is 2. The van der Waals surface area contributed by atoms with Crippen molar-refractivity contribution in [3.63, 3.8) is 0 Å². The summed E-state index contributed by atoms with van der Waals surface area (Å²) in [5.74, 6) is 1.48. The first-order valence-corrected chi connectivity index (χ1v) is 6.61. The Morgan fingerprint density at radius 3 is 2.42 bits per heavy atom. The van der Waals surface area contributed by atoms with Crippen molar-refractivity contribution in [2.45, 2.75) is 32.9 Å². The van der Waals surface area contributed by atoms with Crippen molar-refractivity contribution in [1.29, 1.82) is 0 Å². The van der Waals surface area contributed by atoms with Crippen molar-refractivity contribution in [2.75, 3.05) is 20.8 Å². The molecule has 108 valence electrons. The van der Waals surface area contributed by atoms with Gasteiger partial charge in [-0.05, 0) is 31.0 Å². The van der Waals surface area contributed by atoms with E-state index in [1.54, 1.807) is 26.4 Å². The number of phenols is 1. The lowest BCUT2D eigenvalue weighted by Gasteiger charge is -2.26. The summed E-state index contributed by atoms with van der Waals surface area (Å²) < 4.78 is 10.4. The quantitative estimate of drug-likeness (QED) is 0.797. The van der Waals surface area contributed by atoms with Crippen molar-refractivity contribution < 1.29 is 14.6 Å². The molecule has 0 radical (unpaired) electrons. The number of rotatable bonds is 7. The van der Waals surface area contributed by atoms with Gasteiger partial charge in [-0.15, -0.1) is 0 Å². The Kier molecular flexibility index (Phi) is 6.12. The molecule has 1 aromatic carbocycles. The van der Waals surface area contributed by atoms with E-state index in [9.17, 15) is 5.11 Å². The van der Waals surface area contributed by atoms with E-state index in [0.29, 0.717) is 12.5 Å². The number of hydrogen-bond acceptors (Lipinski definition) is 4. The maximum Gasteiger partial charge on any atom is 0.120 e. The molecule has 0 aliphatic rings. The van der Waals surface area contributed by atoms with Crippen LogP contribution < -0.4 is 10.1 Å². The standard InChI is InChI=1S/C15H25NO3/c1-10(2)14(9-18-4)16-11(3)13-8-12(19-5)6-7-15(13)17/h6-8,10-11,14,16-17H,9H2,1-5H3. The highest BCUT2D eigenvalue weighted by molar-refractivity contribution is 5.41. The molecule has 1 rings (SSSR count). The predicted octanol–water partition coefficient (Wildman–Crippen LogP) is 2.72. The van der Waals surface area contributed by atoms with E-state index in [4.69, 9.17) is 9.47 Å². The van der Waals surface area contributed by atoms with Crippen molar-refractivity contribution in [3.05, 3.63) is 23.8 Å². The molecule has 19 heavy (non-hydrogen) atoms. The van der Waals surface area contributed by atoms with Crippen molar-refractivity contribution in [2.24, 2.45) is 5.92 Å². The van der Waals surface area contributed by atoms with Crippen LogP contribution in [0.15, 0.2) is 18.2 Å². The maximum atomic E-state index is 9.96. The summed E-state index contributed by atoms with van der Waals surface area (Å²) in [6.45, 7) is 6.97. The minimum Gasteiger partial charge on any atom is -0.508 e. The van der Waals surface area contributed by atoms with E-state index >= 15 is 0 Å². The summed E-state index contributed by atoms with van der Waals surface area (Å²) in [4.78, 5) is 0. The van der Waals surface area contributed by atoms with Gasteiger partial charge in [0.05, 0.1) is 13.7 Å². The molecule has 0 amide bonds. The van der Waals surface area contributed by atoms with Crippen LogP contribution in [0, 0.1) is 5.92 Å².